The minimum Gasteiger partial charge on any atom is -0.394 e. The van der Waals surface area contributed by atoms with Crippen LogP contribution in [-0.4, -0.2) is 40.9 Å². The molecule has 0 aromatic heterocycles. The lowest BCUT2D eigenvalue weighted by Crippen LogP contribution is -2.48. The summed E-state index contributed by atoms with van der Waals surface area (Å²) in [4.78, 5) is 13.5. The number of nitrogens with zero attached hydrogens (tertiary/aromatic N) is 1. The van der Waals surface area contributed by atoms with Crippen LogP contribution in [0.4, 0.5) is 8.78 Å². The average Bonchev–Trinajstić information content (AvgIpc) is 2.36. The molecule has 0 saturated heterocycles. The van der Waals surface area contributed by atoms with Crippen molar-refractivity contribution in [3.05, 3.63) is 29.8 Å². The number of rotatable bonds is 5. The minimum absolute atomic E-state index is 0.0302. The Bertz CT molecular complexity index is 466. The number of thioether (sulfide) groups is 1. The molecule has 6 heteroatoms. The molecule has 106 valence electrons. The van der Waals surface area contributed by atoms with Gasteiger partial charge >= 0.3 is 0 Å². The molecule has 0 fully saturated rings. The molecule has 0 aliphatic carbocycles. The molecule has 3 nitrogen and oxygen atoms in total. The molecule has 19 heavy (non-hydrogen) atoms. The van der Waals surface area contributed by atoms with Gasteiger partial charge in [-0.3, -0.25) is 4.79 Å². The SMILES string of the molecule is CN(C(=O)CSc1ccc(F)cc1F)C(C)(C)CO. The molecule has 0 aliphatic rings. The number of hydrogen-bond donors (Lipinski definition) is 1. The van der Waals surface area contributed by atoms with Crippen molar-refractivity contribution in [2.24, 2.45) is 0 Å². The van der Waals surface area contributed by atoms with E-state index in [9.17, 15) is 18.7 Å². The molecule has 0 atom stereocenters. The second-order valence-electron chi connectivity index (χ2n) is 4.79. The van der Waals surface area contributed by atoms with Gasteiger partial charge in [0.2, 0.25) is 5.91 Å². The highest BCUT2D eigenvalue weighted by molar-refractivity contribution is 8.00. The number of carbonyl (C=O) groups excluding carboxylic acids is 1. The molecule has 1 amide bonds. The fourth-order valence-electron chi connectivity index (χ4n) is 1.27. The first-order chi connectivity index (χ1) is 8.77. The summed E-state index contributed by atoms with van der Waals surface area (Å²) in [6.07, 6.45) is 0. The fourth-order valence-corrected chi connectivity index (χ4v) is 2.11. The van der Waals surface area contributed by atoms with E-state index in [2.05, 4.69) is 0 Å². The van der Waals surface area contributed by atoms with Crippen LogP contribution in [0.5, 0.6) is 0 Å². The van der Waals surface area contributed by atoms with E-state index in [1.807, 2.05) is 0 Å². The van der Waals surface area contributed by atoms with Crippen molar-refractivity contribution in [3.63, 3.8) is 0 Å². The van der Waals surface area contributed by atoms with Crippen molar-refractivity contribution in [2.75, 3.05) is 19.4 Å². The van der Waals surface area contributed by atoms with Gasteiger partial charge in [-0.1, -0.05) is 0 Å². The lowest BCUT2D eigenvalue weighted by Gasteiger charge is -2.33. The third-order valence-corrected chi connectivity index (χ3v) is 3.95. The number of amides is 1. The molecule has 0 heterocycles. The number of aliphatic hydroxyl groups excluding tert-OH is 1. The fraction of sp³-hybridized carbons (Fsp3) is 0.462. The van der Waals surface area contributed by atoms with Gasteiger partial charge in [-0.2, -0.15) is 0 Å². The van der Waals surface area contributed by atoms with E-state index in [0.29, 0.717) is 0 Å². The molecular formula is C13H17F2NO2S. The quantitative estimate of drug-likeness (QED) is 0.846. The third-order valence-electron chi connectivity index (χ3n) is 2.91. The van der Waals surface area contributed by atoms with Gasteiger partial charge in [-0.25, -0.2) is 8.78 Å². The molecule has 0 spiro atoms. The van der Waals surface area contributed by atoms with Crippen LogP contribution in [-0.2, 0) is 4.79 Å². The van der Waals surface area contributed by atoms with Crippen molar-refractivity contribution in [1.82, 2.24) is 4.90 Å². The van der Waals surface area contributed by atoms with E-state index in [1.54, 1.807) is 20.9 Å². The van der Waals surface area contributed by atoms with Gasteiger partial charge in [0.25, 0.3) is 0 Å². The summed E-state index contributed by atoms with van der Waals surface area (Å²) >= 11 is 1.00. The molecule has 0 saturated carbocycles. The third kappa shape index (κ3) is 4.18. The van der Waals surface area contributed by atoms with Gasteiger partial charge < -0.3 is 10.0 Å². The van der Waals surface area contributed by atoms with Crippen LogP contribution >= 0.6 is 11.8 Å². The van der Waals surface area contributed by atoms with Crippen LogP contribution in [0.2, 0.25) is 0 Å². The number of benzene rings is 1. The maximum absolute atomic E-state index is 13.4. The summed E-state index contributed by atoms with van der Waals surface area (Å²) < 4.78 is 26.1. The smallest absolute Gasteiger partial charge is 0.233 e. The molecule has 0 unspecified atom stereocenters. The first-order valence-electron chi connectivity index (χ1n) is 5.73. The van der Waals surface area contributed by atoms with Crippen LogP contribution in [0.3, 0.4) is 0 Å². The Morgan fingerprint density at radius 2 is 2.05 bits per heavy atom. The lowest BCUT2D eigenvalue weighted by atomic mass is 10.1. The predicted octanol–water partition coefficient (Wildman–Crippen LogP) is 2.29. The highest BCUT2D eigenvalue weighted by atomic mass is 32.2. The van der Waals surface area contributed by atoms with Crippen molar-refractivity contribution < 1.29 is 18.7 Å². The van der Waals surface area contributed by atoms with E-state index in [4.69, 9.17) is 0 Å². The van der Waals surface area contributed by atoms with E-state index in [-0.39, 0.29) is 23.2 Å². The normalized spacial score (nSPS) is 11.5. The number of carbonyl (C=O) groups is 1. The molecule has 1 N–H and O–H groups in total. The summed E-state index contributed by atoms with van der Waals surface area (Å²) in [6.45, 7) is 3.30. The van der Waals surface area contributed by atoms with Crippen molar-refractivity contribution in [3.8, 4) is 0 Å². The number of aliphatic hydroxyl groups is 1. The van der Waals surface area contributed by atoms with Gasteiger partial charge in [0.15, 0.2) is 0 Å². The molecular weight excluding hydrogens is 272 g/mol. The summed E-state index contributed by atoms with van der Waals surface area (Å²) in [7, 11) is 1.58. The summed E-state index contributed by atoms with van der Waals surface area (Å²) in [5.74, 6) is -1.52. The van der Waals surface area contributed by atoms with E-state index in [1.165, 1.54) is 11.0 Å². The largest absolute Gasteiger partial charge is 0.394 e. The zero-order valence-corrected chi connectivity index (χ0v) is 11.9. The molecule has 0 radical (unpaired) electrons. The lowest BCUT2D eigenvalue weighted by molar-refractivity contribution is -0.133. The second-order valence-corrected chi connectivity index (χ2v) is 5.80. The monoisotopic (exact) mass is 289 g/mol. The Morgan fingerprint density at radius 1 is 1.42 bits per heavy atom. The second kappa shape index (κ2) is 6.34. The molecule has 0 bridgehead atoms. The number of halogens is 2. The molecule has 1 aromatic rings. The summed E-state index contributed by atoms with van der Waals surface area (Å²) in [6, 6.07) is 3.24. The van der Waals surface area contributed by atoms with Crippen LogP contribution < -0.4 is 0 Å². The Kier molecular flexibility index (Phi) is 5.31. The first-order valence-corrected chi connectivity index (χ1v) is 6.72. The van der Waals surface area contributed by atoms with Crippen molar-refractivity contribution in [2.45, 2.75) is 24.3 Å². The number of hydrogen-bond acceptors (Lipinski definition) is 3. The number of likely N-dealkylation sites (N-methyl/N-ethyl adjacent to an activating group) is 1. The first kappa shape index (κ1) is 15.9. The molecule has 1 aromatic carbocycles. The maximum Gasteiger partial charge on any atom is 0.233 e. The van der Waals surface area contributed by atoms with Crippen LogP contribution in [0.25, 0.3) is 0 Å². The van der Waals surface area contributed by atoms with E-state index < -0.39 is 17.2 Å². The highest BCUT2D eigenvalue weighted by Crippen LogP contribution is 2.23. The van der Waals surface area contributed by atoms with Gasteiger partial charge in [0.05, 0.1) is 17.9 Å². The van der Waals surface area contributed by atoms with Crippen LogP contribution in [0.15, 0.2) is 23.1 Å². The molecule has 1 rings (SSSR count). The van der Waals surface area contributed by atoms with Crippen molar-refractivity contribution in [1.29, 1.82) is 0 Å². The average molecular weight is 289 g/mol. The van der Waals surface area contributed by atoms with Gasteiger partial charge in [-0.15, -0.1) is 11.8 Å². The van der Waals surface area contributed by atoms with E-state index >= 15 is 0 Å². The highest BCUT2D eigenvalue weighted by Gasteiger charge is 2.26. The zero-order valence-electron chi connectivity index (χ0n) is 11.1. The van der Waals surface area contributed by atoms with Crippen LogP contribution in [0.1, 0.15) is 13.8 Å². The van der Waals surface area contributed by atoms with Gasteiger partial charge in [-0.05, 0) is 26.0 Å². The maximum atomic E-state index is 13.4. The standard InChI is InChI=1S/C13H17F2NO2S/c1-13(2,8-17)16(3)12(18)7-19-11-5-4-9(14)6-10(11)15/h4-6,17H,7-8H2,1-3H3. The summed E-state index contributed by atoms with van der Waals surface area (Å²) in [5, 5.41) is 9.17. The predicted molar refractivity (Wildman–Crippen MR) is 71.0 cm³/mol. The van der Waals surface area contributed by atoms with Gasteiger partial charge in [0, 0.05) is 18.0 Å². The Morgan fingerprint density at radius 3 is 2.58 bits per heavy atom. The summed E-state index contributed by atoms with van der Waals surface area (Å²) in [5.41, 5.74) is -0.668. The Hall–Kier alpha value is -1.14. The van der Waals surface area contributed by atoms with Crippen molar-refractivity contribution >= 4 is 17.7 Å². The zero-order chi connectivity index (χ0) is 14.6. The minimum atomic E-state index is -0.679. The van der Waals surface area contributed by atoms with Gasteiger partial charge in [0.1, 0.15) is 11.6 Å². The molecule has 0 aliphatic heterocycles. The Balaban J connectivity index is 2.64. The van der Waals surface area contributed by atoms with Crippen LogP contribution in [0, 0.1) is 11.6 Å². The topological polar surface area (TPSA) is 40.5 Å². The Labute approximate surface area is 115 Å². The van der Waals surface area contributed by atoms with E-state index in [0.717, 1.165) is 23.9 Å².